The van der Waals surface area contributed by atoms with E-state index in [9.17, 15) is 0 Å². The van der Waals surface area contributed by atoms with Crippen LogP contribution in [-0.4, -0.2) is 10.1 Å². The van der Waals surface area contributed by atoms with Gasteiger partial charge in [-0.2, -0.15) is 4.98 Å². The molecule has 0 amide bonds. The summed E-state index contributed by atoms with van der Waals surface area (Å²) < 4.78 is 6.35. The number of hydrogen-bond donors (Lipinski definition) is 1. The van der Waals surface area contributed by atoms with Crippen molar-refractivity contribution in [3.05, 3.63) is 58.8 Å². The molecule has 0 radical (unpaired) electrons. The number of benzene rings is 2. The van der Waals surface area contributed by atoms with Gasteiger partial charge in [-0.15, -0.1) is 11.8 Å². The Bertz CT molecular complexity index is 760. The van der Waals surface area contributed by atoms with Gasteiger partial charge >= 0.3 is 0 Å². The molecule has 0 unspecified atom stereocenters. The third kappa shape index (κ3) is 3.28. The smallest absolute Gasteiger partial charge is 0.260 e. The first-order valence-corrected chi connectivity index (χ1v) is 8.06. The van der Waals surface area contributed by atoms with E-state index in [4.69, 9.17) is 10.3 Å². The Morgan fingerprint density at radius 2 is 1.86 bits per heavy atom. The minimum Gasteiger partial charge on any atom is -0.398 e. The van der Waals surface area contributed by atoms with Crippen LogP contribution in [0, 0.1) is 0 Å². The fraction of sp³-hybridized carbons (Fsp3) is 0.0667. The highest BCUT2D eigenvalue weighted by Crippen LogP contribution is 2.30. The number of para-hydroxylation sites is 1. The first kappa shape index (κ1) is 14.2. The van der Waals surface area contributed by atoms with Crippen molar-refractivity contribution in [3.8, 4) is 11.5 Å². The fourth-order valence-corrected chi connectivity index (χ4v) is 3.23. The zero-order chi connectivity index (χ0) is 14.7. The van der Waals surface area contributed by atoms with Crippen LogP contribution in [0.2, 0.25) is 0 Å². The van der Waals surface area contributed by atoms with E-state index < -0.39 is 0 Å². The van der Waals surface area contributed by atoms with E-state index in [2.05, 4.69) is 26.1 Å². The first-order chi connectivity index (χ1) is 10.2. The summed E-state index contributed by atoms with van der Waals surface area (Å²) >= 11 is 5.17. The highest BCUT2D eigenvalue weighted by atomic mass is 79.9. The molecule has 1 aromatic heterocycles. The minimum atomic E-state index is 0.454. The Morgan fingerprint density at radius 3 is 2.67 bits per heavy atom. The van der Waals surface area contributed by atoms with Gasteiger partial charge in [-0.3, -0.25) is 0 Å². The number of aromatic nitrogens is 2. The van der Waals surface area contributed by atoms with Gasteiger partial charge in [0.15, 0.2) is 5.82 Å². The second-order valence-corrected chi connectivity index (χ2v) is 6.19. The Labute approximate surface area is 134 Å². The summed E-state index contributed by atoms with van der Waals surface area (Å²) in [6.45, 7) is 0. The normalized spacial score (nSPS) is 10.7. The highest BCUT2D eigenvalue weighted by molar-refractivity contribution is 9.10. The number of nitrogens with zero attached hydrogens (tertiary/aromatic N) is 2. The molecule has 1 heterocycles. The Balaban J connectivity index is 1.74. The highest BCUT2D eigenvalue weighted by Gasteiger charge is 2.11. The van der Waals surface area contributed by atoms with Crippen molar-refractivity contribution < 1.29 is 4.52 Å². The molecule has 0 bridgehead atoms. The van der Waals surface area contributed by atoms with Gasteiger partial charge in [-0.05, 0) is 40.2 Å². The molecule has 0 aliphatic rings. The van der Waals surface area contributed by atoms with Crippen LogP contribution in [0.1, 0.15) is 5.82 Å². The van der Waals surface area contributed by atoms with Crippen LogP contribution in [-0.2, 0) is 5.75 Å². The van der Waals surface area contributed by atoms with E-state index in [1.807, 2.05) is 48.5 Å². The van der Waals surface area contributed by atoms with E-state index in [-0.39, 0.29) is 0 Å². The van der Waals surface area contributed by atoms with Gasteiger partial charge < -0.3 is 10.3 Å². The monoisotopic (exact) mass is 361 g/mol. The van der Waals surface area contributed by atoms with Gasteiger partial charge in [-0.1, -0.05) is 29.4 Å². The van der Waals surface area contributed by atoms with Crippen LogP contribution >= 0.6 is 27.7 Å². The number of anilines is 1. The number of nitrogens with two attached hydrogens (primary N) is 1. The van der Waals surface area contributed by atoms with E-state index in [0.717, 1.165) is 14.9 Å². The summed E-state index contributed by atoms with van der Waals surface area (Å²) in [7, 11) is 0. The molecular formula is C15H12BrN3OS. The Kier molecular flexibility index (Phi) is 4.26. The van der Waals surface area contributed by atoms with Crippen molar-refractivity contribution in [2.45, 2.75) is 10.6 Å². The fourth-order valence-electron chi connectivity index (χ4n) is 1.82. The molecule has 4 nitrogen and oxygen atoms in total. The van der Waals surface area contributed by atoms with Crippen molar-refractivity contribution in [1.82, 2.24) is 10.1 Å². The molecule has 0 fully saturated rings. The van der Waals surface area contributed by atoms with Gasteiger partial charge in [0.2, 0.25) is 0 Å². The number of hydrogen-bond acceptors (Lipinski definition) is 5. The SMILES string of the molecule is Nc1ccccc1-c1nc(CSc2ccccc2Br)no1. The third-order valence-corrected chi connectivity index (χ3v) is 4.88. The first-order valence-electron chi connectivity index (χ1n) is 6.29. The molecule has 3 aromatic rings. The molecule has 0 saturated heterocycles. The molecule has 106 valence electrons. The quantitative estimate of drug-likeness (QED) is 0.551. The predicted octanol–water partition coefficient (Wildman–Crippen LogP) is 4.37. The second-order valence-electron chi connectivity index (χ2n) is 4.32. The molecule has 0 saturated carbocycles. The molecule has 0 atom stereocenters. The number of nitrogen functional groups attached to an aromatic ring is 1. The van der Waals surface area contributed by atoms with Crippen LogP contribution in [0.4, 0.5) is 5.69 Å². The van der Waals surface area contributed by atoms with Gasteiger partial charge in [-0.25, -0.2) is 0 Å². The minimum absolute atomic E-state index is 0.454. The third-order valence-electron chi connectivity index (χ3n) is 2.85. The zero-order valence-corrected chi connectivity index (χ0v) is 13.4. The van der Waals surface area contributed by atoms with Gasteiger partial charge in [0.25, 0.3) is 5.89 Å². The van der Waals surface area contributed by atoms with Crippen LogP contribution in [0.5, 0.6) is 0 Å². The standard InChI is InChI=1S/C15H12BrN3OS/c16-11-6-2-4-8-13(11)21-9-14-18-15(20-19-14)10-5-1-3-7-12(10)17/h1-8H,9,17H2. The van der Waals surface area contributed by atoms with Crippen LogP contribution < -0.4 is 5.73 Å². The Morgan fingerprint density at radius 1 is 1.10 bits per heavy atom. The number of thioether (sulfide) groups is 1. The predicted molar refractivity (Wildman–Crippen MR) is 87.8 cm³/mol. The van der Waals surface area contributed by atoms with E-state index in [1.54, 1.807) is 11.8 Å². The van der Waals surface area contributed by atoms with E-state index >= 15 is 0 Å². The average Bonchev–Trinajstić information content (AvgIpc) is 2.96. The summed E-state index contributed by atoms with van der Waals surface area (Å²) in [5.41, 5.74) is 7.30. The van der Waals surface area contributed by atoms with Gasteiger partial charge in [0, 0.05) is 15.1 Å². The molecular weight excluding hydrogens is 350 g/mol. The summed E-state index contributed by atoms with van der Waals surface area (Å²) in [5.74, 6) is 1.74. The lowest BCUT2D eigenvalue weighted by Crippen LogP contribution is -1.89. The molecule has 0 aliphatic carbocycles. The molecule has 6 heteroatoms. The zero-order valence-electron chi connectivity index (χ0n) is 11.0. The van der Waals surface area contributed by atoms with Crippen molar-refractivity contribution in [3.63, 3.8) is 0 Å². The summed E-state index contributed by atoms with van der Waals surface area (Å²) in [4.78, 5) is 5.53. The maximum Gasteiger partial charge on any atom is 0.260 e. The lowest BCUT2D eigenvalue weighted by Gasteiger charge is -2.00. The number of rotatable bonds is 4. The molecule has 2 N–H and O–H groups in total. The lowest BCUT2D eigenvalue weighted by atomic mass is 10.2. The average molecular weight is 362 g/mol. The van der Waals surface area contributed by atoms with E-state index in [0.29, 0.717) is 23.2 Å². The van der Waals surface area contributed by atoms with Gasteiger partial charge in [0.1, 0.15) is 0 Å². The van der Waals surface area contributed by atoms with Gasteiger partial charge in [0.05, 0.1) is 11.3 Å². The molecule has 2 aromatic carbocycles. The lowest BCUT2D eigenvalue weighted by molar-refractivity contribution is 0.425. The molecule has 21 heavy (non-hydrogen) atoms. The largest absolute Gasteiger partial charge is 0.398 e. The summed E-state index contributed by atoms with van der Waals surface area (Å²) in [6, 6.07) is 15.5. The van der Waals surface area contributed by atoms with Crippen molar-refractivity contribution >= 4 is 33.4 Å². The topological polar surface area (TPSA) is 64.9 Å². The van der Waals surface area contributed by atoms with Crippen LogP contribution in [0.25, 0.3) is 11.5 Å². The maximum absolute atomic E-state index is 5.91. The molecule has 0 aliphatic heterocycles. The van der Waals surface area contributed by atoms with Crippen LogP contribution in [0.15, 0.2) is 62.4 Å². The van der Waals surface area contributed by atoms with Crippen molar-refractivity contribution in [1.29, 1.82) is 0 Å². The molecule has 3 rings (SSSR count). The maximum atomic E-state index is 5.91. The summed E-state index contributed by atoms with van der Waals surface area (Å²) in [6.07, 6.45) is 0. The van der Waals surface area contributed by atoms with Crippen molar-refractivity contribution in [2.75, 3.05) is 5.73 Å². The Hall–Kier alpha value is -1.79. The second kappa shape index (κ2) is 6.32. The van der Waals surface area contributed by atoms with Crippen LogP contribution in [0.3, 0.4) is 0 Å². The van der Waals surface area contributed by atoms with E-state index in [1.165, 1.54) is 0 Å². The summed E-state index contributed by atoms with van der Waals surface area (Å²) in [5, 5.41) is 4.00. The number of halogens is 1. The van der Waals surface area contributed by atoms with Crippen molar-refractivity contribution in [2.24, 2.45) is 0 Å². The molecule has 0 spiro atoms.